The van der Waals surface area contributed by atoms with Gasteiger partial charge in [0.15, 0.2) is 11.5 Å². The summed E-state index contributed by atoms with van der Waals surface area (Å²) in [4.78, 5) is 10.2. The van der Waals surface area contributed by atoms with E-state index in [1.165, 1.54) is 25.3 Å². The normalized spacial score (nSPS) is 8.94. The molecule has 0 aliphatic carbocycles. The van der Waals surface area contributed by atoms with E-state index in [0.29, 0.717) is 24.2 Å². The number of carbonyl (C=O) groups excluding carboxylic acids is 1. The Morgan fingerprint density at radius 2 is 2.12 bits per heavy atom. The summed E-state index contributed by atoms with van der Waals surface area (Å²) in [6.07, 6.45) is 2.73. The molecule has 0 heterocycles. The van der Waals surface area contributed by atoms with Crippen LogP contribution in [0.15, 0.2) is 18.2 Å². The molecule has 0 radical (unpaired) electrons. The Kier molecular flexibility index (Phi) is 7.89. The third-order valence-electron chi connectivity index (χ3n) is 1.85. The van der Waals surface area contributed by atoms with Gasteiger partial charge in [-0.3, -0.25) is 4.79 Å². The molecule has 4 heteroatoms. The van der Waals surface area contributed by atoms with E-state index < -0.39 is 0 Å². The van der Waals surface area contributed by atoms with Crippen LogP contribution in [0.2, 0.25) is 0 Å². The van der Waals surface area contributed by atoms with Crippen LogP contribution in [0.1, 0.15) is 30.1 Å². The maximum atomic E-state index is 10.2. The van der Waals surface area contributed by atoms with Crippen LogP contribution in [0.25, 0.3) is 0 Å². The number of ether oxygens (including phenoxy) is 1. The summed E-state index contributed by atoms with van der Waals surface area (Å²) in [5, 5.41) is 17.2. The fraction of sp³-hybridized carbons (Fsp3) is 0.417. The Hall–Kier alpha value is -1.55. The number of benzene rings is 1. The topological polar surface area (TPSA) is 66.8 Å². The molecule has 1 aromatic rings. The van der Waals surface area contributed by atoms with E-state index in [1.54, 1.807) is 0 Å². The molecule has 0 aromatic heterocycles. The van der Waals surface area contributed by atoms with Crippen LogP contribution < -0.4 is 4.74 Å². The lowest BCUT2D eigenvalue weighted by atomic mass is 10.2. The summed E-state index contributed by atoms with van der Waals surface area (Å²) in [6.45, 7) is 2.40. The molecule has 1 rings (SSSR count). The molecule has 0 bridgehead atoms. The molecule has 2 N–H and O–H groups in total. The van der Waals surface area contributed by atoms with E-state index >= 15 is 0 Å². The van der Waals surface area contributed by atoms with Crippen molar-refractivity contribution in [3.63, 3.8) is 0 Å². The molecule has 0 fully saturated rings. The first-order valence-corrected chi connectivity index (χ1v) is 5.12. The SMILES string of the molecule is CCCCO.COc1cc(C=O)ccc1O. The highest BCUT2D eigenvalue weighted by Gasteiger charge is 2.00. The predicted molar refractivity (Wildman–Crippen MR) is 62.0 cm³/mol. The van der Waals surface area contributed by atoms with Crippen molar-refractivity contribution >= 4 is 6.29 Å². The Labute approximate surface area is 95.5 Å². The van der Waals surface area contributed by atoms with Crippen molar-refractivity contribution in [2.24, 2.45) is 0 Å². The number of aromatic hydroxyl groups is 1. The van der Waals surface area contributed by atoms with E-state index in [0.717, 1.165) is 12.8 Å². The largest absolute Gasteiger partial charge is 0.504 e. The third-order valence-corrected chi connectivity index (χ3v) is 1.85. The average molecular weight is 226 g/mol. The molecular weight excluding hydrogens is 208 g/mol. The van der Waals surface area contributed by atoms with Gasteiger partial charge < -0.3 is 14.9 Å². The molecule has 0 saturated carbocycles. The molecule has 90 valence electrons. The highest BCUT2D eigenvalue weighted by molar-refractivity contribution is 5.76. The van der Waals surface area contributed by atoms with Crippen LogP contribution in [-0.4, -0.2) is 30.2 Å². The Morgan fingerprint density at radius 3 is 2.50 bits per heavy atom. The molecule has 0 aliphatic heterocycles. The molecule has 16 heavy (non-hydrogen) atoms. The number of unbranched alkanes of at least 4 members (excludes halogenated alkanes) is 1. The first-order valence-electron chi connectivity index (χ1n) is 5.12. The molecule has 1 aromatic carbocycles. The minimum absolute atomic E-state index is 0.0399. The van der Waals surface area contributed by atoms with Gasteiger partial charge in [-0.1, -0.05) is 13.3 Å². The van der Waals surface area contributed by atoms with Gasteiger partial charge in [0.25, 0.3) is 0 Å². The highest BCUT2D eigenvalue weighted by Crippen LogP contribution is 2.25. The number of aliphatic hydroxyl groups excluding tert-OH is 1. The van der Waals surface area contributed by atoms with Crippen LogP contribution >= 0.6 is 0 Å². The minimum atomic E-state index is 0.0399. The van der Waals surface area contributed by atoms with Gasteiger partial charge in [-0.25, -0.2) is 0 Å². The second kappa shape index (κ2) is 8.73. The van der Waals surface area contributed by atoms with E-state index in [-0.39, 0.29) is 5.75 Å². The van der Waals surface area contributed by atoms with Crippen LogP contribution in [0.4, 0.5) is 0 Å². The first kappa shape index (κ1) is 14.5. The quantitative estimate of drug-likeness (QED) is 0.770. The number of rotatable bonds is 4. The maximum Gasteiger partial charge on any atom is 0.161 e. The van der Waals surface area contributed by atoms with Gasteiger partial charge in [0.2, 0.25) is 0 Å². The number of hydrogen-bond donors (Lipinski definition) is 2. The zero-order valence-electron chi connectivity index (χ0n) is 9.64. The number of phenols is 1. The van der Waals surface area contributed by atoms with Gasteiger partial charge in [0.05, 0.1) is 7.11 Å². The van der Waals surface area contributed by atoms with Crippen molar-refractivity contribution in [1.29, 1.82) is 0 Å². The maximum absolute atomic E-state index is 10.2. The lowest BCUT2D eigenvalue weighted by molar-refractivity contribution is 0.112. The van der Waals surface area contributed by atoms with Crippen LogP contribution in [0.5, 0.6) is 11.5 Å². The van der Waals surface area contributed by atoms with E-state index in [4.69, 9.17) is 14.9 Å². The second-order valence-corrected chi connectivity index (χ2v) is 3.13. The van der Waals surface area contributed by atoms with E-state index in [2.05, 4.69) is 6.92 Å². The lowest BCUT2D eigenvalue weighted by Crippen LogP contribution is -1.85. The first-order chi connectivity index (χ1) is 7.69. The fourth-order valence-electron chi connectivity index (χ4n) is 0.926. The summed E-state index contributed by atoms with van der Waals surface area (Å²) in [5.41, 5.74) is 0.486. The zero-order chi connectivity index (χ0) is 12.4. The summed E-state index contributed by atoms with van der Waals surface area (Å²) >= 11 is 0. The van der Waals surface area contributed by atoms with Gasteiger partial charge in [0.1, 0.15) is 6.29 Å². The number of carbonyl (C=O) groups is 1. The smallest absolute Gasteiger partial charge is 0.161 e. The molecule has 0 amide bonds. The van der Waals surface area contributed by atoms with Gasteiger partial charge in [-0.2, -0.15) is 0 Å². The molecule has 0 aliphatic rings. The summed E-state index contributed by atoms with van der Waals surface area (Å²) in [6, 6.07) is 4.41. The average Bonchev–Trinajstić information content (AvgIpc) is 2.31. The number of hydrogen-bond acceptors (Lipinski definition) is 4. The number of phenolic OH excluding ortho intramolecular Hbond substituents is 1. The van der Waals surface area contributed by atoms with Crippen molar-refractivity contribution in [3.05, 3.63) is 23.8 Å². The monoisotopic (exact) mass is 226 g/mol. The minimum Gasteiger partial charge on any atom is -0.504 e. The lowest BCUT2D eigenvalue weighted by Gasteiger charge is -2.01. The molecule has 0 saturated heterocycles. The summed E-state index contributed by atoms with van der Waals surface area (Å²) < 4.78 is 4.78. The van der Waals surface area contributed by atoms with Crippen LogP contribution in [-0.2, 0) is 0 Å². The van der Waals surface area contributed by atoms with Crippen molar-refractivity contribution < 1.29 is 19.7 Å². The zero-order valence-corrected chi connectivity index (χ0v) is 9.64. The Balaban J connectivity index is 0.000000385. The Morgan fingerprint density at radius 1 is 1.44 bits per heavy atom. The van der Waals surface area contributed by atoms with Crippen LogP contribution in [0.3, 0.4) is 0 Å². The second-order valence-electron chi connectivity index (χ2n) is 3.13. The third kappa shape index (κ3) is 5.36. The number of aldehydes is 1. The Bertz CT molecular complexity index is 308. The van der Waals surface area contributed by atoms with Crippen molar-refractivity contribution in [3.8, 4) is 11.5 Å². The van der Waals surface area contributed by atoms with E-state index in [9.17, 15) is 4.79 Å². The van der Waals surface area contributed by atoms with Crippen molar-refractivity contribution in [2.75, 3.05) is 13.7 Å². The standard InChI is InChI=1S/C8H8O3.C4H10O/c1-11-8-4-6(5-9)2-3-7(8)10;1-2-3-4-5/h2-5,10H,1H3;5H,2-4H2,1H3. The molecule has 0 spiro atoms. The molecular formula is C12H18O4. The van der Waals surface area contributed by atoms with Crippen LogP contribution in [0, 0.1) is 0 Å². The number of methoxy groups -OCH3 is 1. The van der Waals surface area contributed by atoms with Gasteiger partial charge in [-0.05, 0) is 24.6 Å². The molecule has 0 unspecified atom stereocenters. The van der Waals surface area contributed by atoms with Gasteiger partial charge in [0, 0.05) is 12.2 Å². The summed E-state index contributed by atoms with van der Waals surface area (Å²) in [5.74, 6) is 0.354. The fourth-order valence-corrected chi connectivity index (χ4v) is 0.926. The summed E-state index contributed by atoms with van der Waals surface area (Å²) in [7, 11) is 1.43. The number of aliphatic hydroxyl groups is 1. The van der Waals surface area contributed by atoms with Crippen molar-refractivity contribution in [2.45, 2.75) is 19.8 Å². The predicted octanol–water partition coefficient (Wildman–Crippen LogP) is 1.99. The molecule has 4 nitrogen and oxygen atoms in total. The van der Waals surface area contributed by atoms with E-state index in [1.807, 2.05) is 0 Å². The molecule has 0 atom stereocenters. The van der Waals surface area contributed by atoms with Crippen molar-refractivity contribution in [1.82, 2.24) is 0 Å². The van der Waals surface area contributed by atoms with Gasteiger partial charge >= 0.3 is 0 Å². The highest BCUT2D eigenvalue weighted by atomic mass is 16.5. The van der Waals surface area contributed by atoms with Gasteiger partial charge in [-0.15, -0.1) is 0 Å².